The molecule has 0 atom stereocenters. The van der Waals surface area contributed by atoms with Crippen molar-refractivity contribution in [2.75, 3.05) is 7.11 Å². The Morgan fingerprint density at radius 1 is 0.542 bits per heavy atom. The minimum atomic E-state index is 0.896. The fourth-order valence-electron chi connectivity index (χ4n) is 3.75. The summed E-state index contributed by atoms with van der Waals surface area (Å²) in [5.41, 5.74) is 0. The quantitative estimate of drug-likeness (QED) is 0.330. The molecule has 0 aliphatic rings. The van der Waals surface area contributed by atoms with Crippen LogP contribution in [-0.2, 0) is 0 Å². The van der Waals surface area contributed by atoms with Crippen molar-refractivity contribution in [2.24, 2.45) is 0 Å². The van der Waals surface area contributed by atoms with Crippen molar-refractivity contribution < 1.29 is 4.74 Å². The Hall–Kier alpha value is -3.06. The van der Waals surface area contributed by atoms with Gasteiger partial charge in [0.15, 0.2) is 0 Å². The first kappa shape index (κ1) is 13.4. The lowest BCUT2D eigenvalue weighted by Gasteiger charge is -2.11. The van der Waals surface area contributed by atoms with E-state index in [0.717, 1.165) is 5.75 Å². The lowest BCUT2D eigenvalue weighted by molar-refractivity contribution is 0.415. The van der Waals surface area contributed by atoms with E-state index >= 15 is 0 Å². The molecule has 5 rings (SSSR count). The number of fused-ring (bicyclic) bond motifs is 7. The van der Waals surface area contributed by atoms with Crippen LogP contribution >= 0.6 is 0 Å². The van der Waals surface area contributed by atoms with Gasteiger partial charge < -0.3 is 4.74 Å². The fraction of sp³-hybridized carbons (Fsp3) is 0.0435. The number of rotatable bonds is 1. The summed E-state index contributed by atoms with van der Waals surface area (Å²) in [5, 5.41) is 10.2. The van der Waals surface area contributed by atoms with Gasteiger partial charge in [0.1, 0.15) is 5.75 Å². The molecule has 0 amide bonds. The van der Waals surface area contributed by atoms with Crippen LogP contribution in [0.1, 0.15) is 0 Å². The lowest BCUT2D eigenvalue weighted by atomic mass is 9.93. The van der Waals surface area contributed by atoms with E-state index in [2.05, 4.69) is 72.8 Å². The van der Waals surface area contributed by atoms with Crippen molar-refractivity contribution in [3.05, 3.63) is 78.9 Å². The highest BCUT2D eigenvalue weighted by Crippen LogP contribution is 2.37. The van der Waals surface area contributed by atoms with E-state index in [-0.39, 0.29) is 0 Å². The van der Waals surface area contributed by atoms with Gasteiger partial charge >= 0.3 is 0 Å². The van der Waals surface area contributed by atoms with Crippen LogP contribution in [0.5, 0.6) is 5.75 Å². The van der Waals surface area contributed by atoms with Crippen LogP contribution in [0.25, 0.3) is 43.1 Å². The van der Waals surface area contributed by atoms with E-state index in [4.69, 9.17) is 4.74 Å². The summed E-state index contributed by atoms with van der Waals surface area (Å²) in [7, 11) is 1.72. The molecule has 0 spiro atoms. The fourth-order valence-corrected chi connectivity index (χ4v) is 3.75. The third kappa shape index (κ3) is 1.82. The summed E-state index contributed by atoms with van der Waals surface area (Å²) in [6.07, 6.45) is 0. The van der Waals surface area contributed by atoms with Gasteiger partial charge in [-0.15, -0.1) is 0 Å². The average molecular weight is 308 g/mol. The second-order valence-corrected chi connectivity index (χ2v) is 6.20. The van der Waals surface area contributed by atoms with E-state index in [1.54, 1.807) is 7.11 Å². The smallest absolute Gasteiger partial charge is 0.119 e. The normalized spacial score (nSPS) is 11.5. The maximum absolute atomic E-state index is 5.47. The molecular weight excluding hydrogens is 292 g/mol. The Morgan fingerprint density at radius 2 is 1.08 bits per heavy atom. The van der Waals surface area contributed by atoms with Gasteiger partial charge in [-0.2, -0.15) is 0 Å². The largest absolute Gasteiger partial charge is 0.497 e. The van der Waals surface area contributed by atoms with E-state index in [1.165, 1.54) is 43.1 Å². The third-order valence-electron chi connectivity index (χ3n) is 4.91. The predicted octanol–water partition coefficient (Wildman–Crippen LogP) is 6.31. The highest BCUT2D eigenvalue weighted by Gasteiger charge is 2.09. The van der Waals surface area contributed by atoms with Crippen LogP contribution < -0.4 is 4.74 Å². The zero-order chi connectivity index (χ0) is 16.1. The van der Waals surface area contributed by atoms with Gasteiger partial charge in [-0.3, -0.25) is 0 Å². The molecule has 1 nitrogen and oxygen atoms in total. The van der Waals surface area contributed by atoms with Crippen LogP contribution in [0.3, 0.4) is 0 Å². The standard InChI is InChI=1S/C23H16O/c1-24-19-13-12-16-7-9-18-11-10-17-8-6-15-4-2-3-5-20(15)22(17)23(18)21(16)14-19/h2-14H,1H3. The molecule has 1 heteroatoms. The molecule has 0 saturated heterocycles. The first-order chi connectivity index (χ1) is 11.8. The summed E-state index contributed by atoms with van der Waals surface area (Å²) in [6, 6.07) is 28.2. The summed E-state index contributed by atoms with van der Waals surface area (Å²) in [4.78, 5) is 0. The molecule has 0 radical (unpaired) electrons. The number of methoxy groups -OCH3 is 1. The van der Waals surface area contributed by atoms with E-state index < -0.39 is 0 Å². The molecule has 24 heavy (non-hydrogen) atoms. The van der Waals surface area contributed by atoms with Gasteiger partial charge in [0.05, 0.1) is 7.11 Å². The van der Waals surface area contributed by atoms with Gasteiger partial charge in [0.2, 0.25) is 0 Å². The van der Waals surface area contributed by atoms with Gasteiger partial charge in [0.25, 0.3) is 0 Å². The van der Waals surface area contributed by atoms with Crippen molar-refractivity contribution in [3.63, 3.8) is 0 Å². The molecule has 0 saturated carbocycles. The molecule has 114 valence electrons. The highest BCUT2D eigenvalue weighted by molar-refractivity contribution is 6.27. The number of hydrogen-bond acceptors (Lipinski definition) is 1. The summed E-state index contributed by atoms with van der Waals surface area (Å²) >= 11 is 0. The van der Waals surface area contributed by atoms with Crippen molar-refractivity contribution >= 4 is 43.1 Å². The molecule has 0 bridgehead atoms. The van der Waals surface area contributed by atoms with Gasteiger partial charge in [-0.05, 0) is 55.2 Å². The Bertz CT molecular complexity index is 1220. The molecule has 0 heterocycles. The second kappa shape index (κ2) is 4.97. The van der Waals surface area contributed by atoms with E-state index in [1.807, 2.05) is 6.07 Å². The Kier molecular flexibility index (Phi) is 2.77. The van der Waals surface area contributed by atoms with Crippen molar-refractivity contribution in [1.82, 2.24) is 0 Å². The first-order valence-corrected chi connectivity index (χ1v) is 8.16. The number of ether oxygens (including phenoxy) is 1. The van der Waals surface area contributed by atoms with Crippen molar-refractivity contribution in [1.29, 1.82) is 0 Å². The number of benzene rings is 5. The maximum Gasteiger partial charge on any atom is 0.119 e. The molecule has 5 aromatic carbocycles. The van der Waals surface area contributed by atoms with Gasteiger partial charge in [-0.1, -0.05) is 66.7 Å². The molecule has 0 aliphatic heterocycles. The minimum Gasteiger partial charge on any atom is -0.497 e. The van der Waals surface area contributed by atoms with Crippen LogP contribution in [0.4, 0.5) is 0 Å². The predicted molar refractivity (Wildman–Crippen MR) is 103 cm³/mol. The first-order valence-electron chi connectivity index (χ1n) is 8.16. The van der Waals surface area contributed by atoms with E-state index in [9.17, 15) is 0 Å². The van der Waals surface area contributed by atoms with Gasteiger partial charge in [0, 0.05) is 0 Å². The number of hydrogen-bond donors (Lipinski definition) is 0. The highest BCUT2D eigenvalue weighted by atomic mass is 16.5. The van der Waals surface area contributed by atoms with Crippen molar-refractivity contribution in [3.8, 4) is 5.75 Å². The molecule has 0 aromatic heterocycles. The Labute approximate surface area is 140 Å². The molecule has 0 N–H and O–H groups in total. The molecule has 5 aromatic rings. The topological polar surface area (TPSA) is 9.23 Å². The summed E-state index contributed by atoms with van der Waals surface area (Å²) in [5.74, 6) is 0.896. The molecule has 0 aliphatic carbocycles. The Balaban J connectivity index is 2.12. The van der Waals surface area contributed by atoms with Crippen LogP contribution in [0.15, 0.2) is 78.9 Å². The lowest BCUT2D eigenvalue weighted by Crippen LogP contribution is -1.86. The SMILES string of the molecule is COc1ccc2ccc3ccc4ccc5ccccc5c4c3c2c1. The monoisotopic (exact) mass is 308 g/mol. The molecule has 0 unspecified atom stereocenters. The van der Waals surface area contributed by atoms with Crippen LogP contribution in [0, 0.1) is 0 Å². The molecular formula is C23H16O. The average Bonchev–Trinajstić information content (AvgIpc) is 2.66. The summed E-state index contributed by atoms with van der Waals surface area (Å²) in [6.45, 7) is 0. The third-order valence-corrected chi connectivity index (χ3v) is 4.91. The van der Waals surface area contributed by atoms with Crippen LogP contribution in [-0.4, -0.2) is 7.11 Å². The zero-order valence-corrected chi connectivity index (χ0v) is 13.4. The van der Waals surface area contributed by atoms with E-state index in [0.29, 0.717) is 0 Å². The summed E-state index contributed by atoms with van der Waals surface area (Å²) < 4.78 is 5.47. The molecule has 0 fully saturated rings. The minimum absolute atomic E-state index is 0.896. The maximum atomic E-state index is 5.47. The Morgan fingerprint density at radius 3 is 1.79 bits per heavy atom. The van der Waals surface area contributed by atoms with Crippen molar-refractivity contribution in [2.45, 2.75) is 0 Å². The van der Waals surface area contributed by atoms with Gasteiger partial charge in [-0.25, -0.2) is 0 Å². The zero-order valence-electron chi connectivity index (χ0n) is 13.4. The second-order valence-electron chi connectivity index (χ2n) is 6.20. The van der Waals surface area contributed by atoms with Crippen LogP contribution in [0.2, 0.25) is 0 Å².